The number of alkyl halides is 3. The van der Waals surface area contributed by atoms with E-state index in [-0.39, 0.29) is 12.7 Å². The van der Waals surface area contributed by atoms with Crippen molar-refractivity contribution in [2.24, 2.45) is 5.73 Å². The molecule has 4 rings (SSSR count). The summed E-state index contributed by atoms with van der Waals surface area (Å²) < 4.78 is 48.7. The summed E-state index contributed by atoms with van der Waals surface area (Å²) in [5.41, 5.74) is 6.24. The first kappa shape index (κ1) is 15.8. The molecule has 130 valence electrons. The third-order valence-corrected chi connectivity index (χ3v) is 4.35. The Hall–Kier alpha value is -2.74. The summed E-state index contributed by atoms with van der Waals surface area (Å²) in [5.74, 6) is 0.785. The number of rotatable bonds is 2. The van der Waals surface area contributed by atoms with E-state index in [1.807, 2.05) is 0 Å². The molecule has 0 aliphatic carbocycles. The summed E-state index contributed by atoms with van der Waals surface area (Å²) in [6.45, 7) is 0.106. The molecule has 5 nitrogen and oxygen atoms in total. The highest BCUT2D eigenvalue weighted by atomic mass is 19.4. The van der Waals surface area contributed by atoms with E-state index in [2.05, 4.69) is 0 Å². The molecule has 2 heterocycles. The number of halogens is 3. The fraction of sp³-hybridized carbons (Fsp3) is 0.235. The number of hydrogen-bond donors (Lipinski definition) is 1. The van der Waals surface area contributed by atoms with Crippen molar-refractivity contribution in [3.63, 3.8) is 0 Å². The van der Waals surface area contributed by atoms with E-state index < -0.39 is 23.8 Å². The number of amides is 1. The van der Waals surface area contributed by atoms with Crippen LogP contribution in [0.1, 0.15) is 17.2 Å². The number of carbonyl (C=O) groups is 1. The molecule has 1 saturated heterocycles. The Labute approximate surface area is 140 Å². The van der Waals surface area contributed by atoms with E-state index in [0.717, 1.165) is 12.1 Å². The van der Waals surface area contributed by atoms with Gasteiger partial charge in [-0.3, -0.25) is 4.79 Å². The lowest BCUT2D eigenvalue weighted by atomic mass is 9.88. The van der Waals surface area contributed by atoms with Crippen molar-refractivity contribution in [2.45, 2.75) is 18.3 Å². The van der Waals surface area contributed by atoms with Crippen molar-refractivity contribution in [1.29, 1.82) is 0 Å². The van der Waals surface area contributed by atoms with Crippen LogP contribution in [0.4, 0.5) is 18.9 Å². The van der Waals surface area contributed by atoms with Gasteiger partial charge in [-0.25, -0.2) is 0 Å². The Morgan fingerprint density at radius 2 is 1.72 bits per heavy atom. The number of β-lactam (4-membered cyclic amide) rings is 1. The van der Waals surface area contributed by atoms with Gasteiger partial charge in [-0.15, -0.1) is 0 Å². The summed E-state index contributed by atoms with van der Waals surface area (Å²) >= 11 is 0. The summed E-state index contributed by atoms with van der Waals surface area (Å²) in [6.07, 6.45) is -4.41. The van der Waals surface area contributed by atoms with Gasteiger partial charge in [0.1, 0.15) is 6.04 Å². The van der Waals surface area contributed by atoms with E-state index in [1.54, 1.807) is 18.2 Å². The van der Waals surface area contributed by atoms with Gasteiger partial charge >= 0.3 is 6.18 Å². The first-order valence-corrected chi connectivity index (χ1v) is 7.52. The summed E-state index contributed by atoms with van der Waals surface area (Å²) in [7, 11) is 0. The Kier molecular flexibility index (Phi) is 3.40. The van der Waals surface area contributed by atoms with E-state index in [4.69, 9.17) is 15.2 Å². The van der Waals surface area contributed by atoms with Gasteiger partial charge in [0, 0.05) is 11.8 Å². The molecule has 2 atom stereocenters. The van der Waals surface area contributed by atoms with E-state index in [0.29, 0.717) is 22.7 Å². The second-order valence-electron chi connectivity index (χ2n) is 5.84. The Bertz CT molecular complexity index is 836. The largest absolute Gasteiger partial charge is 0.454 e. The van der Waals surface area contributed by atoms with Crippen molar-refractivity contribution < 1.29 is 27.4 Å². The maximum absolute atomic E-state index is 12.7. The molecule has 0 aromatic heterocycles. The lowest BCUT2D eigenvalue weighted by Crippen LogP contribution is -2.63. The molecule has 0 spiro atoms. The molecule has 0 unspecified atom stereocenters. The molecular weight excluding hydrogens is 337 g/mol. The second-order valence-corrected chi connectivity index (χ2v) is 5.84. The van der Waals surface area contributed by atoms with Crippen molar-refractivity contribution in [1.82, 2.24) is 0 Å². The van der Waals surface area contributed by atoms with E-state index in [1.165, 1.54) is 17.0 Å². The summed E-state index contributed by atoms with van der Waals surface area (Å²) in [6, 6.07) is 8.36. The zero-order valence-electron chi connectivity index (χ0n) is 12.8. The van der Waals surface area contributed by atoms with Crippen LogP contribution < -0.4 is 20.1 Å². The number of hydrogen-bond acceptors (Lipinski definition) is 4. The van der Waals surface area contributed by atoms with Crippen molar-refractivity contribution in [2.75, 3.05) is 11.7 Å². The van der Waals surface area contributed by atoms with Crippen LogP contribution in [0.2, 0.25) is 0 Å². The molecule has 8 heteroatoms. The average molecular weight is 350 g/mol. The molecule has 0 saturated carbocycles. The van der Waals surface area contributed by atoms with Crippen molar-refractivity contribution in [3.8, 4) is 11.5 Å². The maximum atomic E-state index is 12.7. The number of benzene rings is 2. The molecule has 2 aliphatic rings. The summed E-state index contributed by atoms with van der Waals surface area (Å²) in [4.78, 5) is 13.7. The number of carbonyl (C=O) groups excluding carboxylic acids is 1. The van der Waals surface area contributed by atoms with Crippen LogP contribution in [-0.4, -0.2) is 18.7 Å². The van der Waals surface area contributed by atoms with Gasteiger partial charge in [-0.05, 0) is 29.8 Å². The number of fused-ring (bicyclic) bond motifs is 1. The molecule has 0 bridgehead atoms. The molecule has 2 aromatic rings. The minimum absolute atomic E-state index is 0.106. The normalized spacial score (nSPS) is 22.1. The van der Waals surface area contributed by atoms with Crippen molar-refractivity contribution in [3.05, 3.63) is 53.6 Å². The quantitative estimate of drug-likeness (QED) is 0.846. The molecule has 1 fully saturated rings. The molecule has 1 amide bonds. The van der Waals surface area contributed by atoms with Gasteiger partial charge in [-0.2, -0.15) is 13.2 Å². The number of ether oxygens (including phenoxy) is 2. The van der Waals surface area contributed by atoms with Crippen LogP contribution in [0.5, 0.6) is 11.5 Å². The molecule has 25 heavy (non-hydrogen) atoms. The Morgan fingerprint density at radius 1 is 1.04 bits per heavy atom. The Balaban J connectivity index is 1.65. The van der Waals surface area contributed by atoms with E-state index in [9.17, 15) is 18.0 Å². The maximum Gasteiger partial charge on any atom is 0.416 e. The smallest absolute Gasteiger partial charge is 0.416 e. The first-order chi connectivity index (χ1) is 11.9. The van der Waals surface area contributed by atoms with Gasteiger partial charge < -0.3 is 20.1 Å². The highest BCUT2D eigenvalue weighted by molar-refractivity contribution is 6.05. The Morgan fingerprint density at radius 3 is 2.40 bits per heavy atom. The number of nitrogens with zero attached hydrogens (tertiary/aromatic N) is 1. The SMILES string of the molecule is N[C@@H]1C(=O)N(c2ccc3c(c2)OCO3)[C@H]1c1ccc(C(F)(F)F)cc1. The van der Waals surface area contributed by atoms with Crippen LogP contribution >= 0.6 is 0 Å². The third-order valence-electron chi connectivity index (χ3n) is 4.35. The van der Waals surface area contributed by atoms with Crippen LogP contribution in [-0.2, 0) is 11.0 Å². The highest BCUT2D eigenvalue weighted by Gasteiger charge is 2.47. The summed E-state index contributed by atoms with van der Waals surface area (Å²) in [5, 5.41) is 0. The zero-order chi connectivity index (χ0) is 17.8. The molecule has 2 aliphatic heterocycles. The zero-order valence-corrected chi connectivity index (χ0v) is 12.8. The number of nitrogens with two attached hydrogens (primary N) is 1. The van der Waals surface area contributed by atoms with Gasteiger partial charge in [-0.1, -0.05) is 12.1 Å². The lowest BCUT2D eigenvalue weighted by Gasteiger charge is -2.45. The van der Waals surface area contributed by atoms with Gasteiger partial charge in [0.2, 0.25) is 12.7 Å². The van der Waals surface area contributed by atoms with Crippen LogP contribution in [0.15, 0.2) is 42.5 Å². The minimum atomic E-state index is -4.41. The van der Waals surface area contributed by atoms with Crippen molar-refractivity contribution >= 4 is 11.6 Å². The second kappa shape index (κ2) is 5.38. The molecule has 2 N–H and O–H groups in total. The standard InChI is InChI=1S/C17H13F3N2O3/c18-17(19,20)10-3-1-9(2-4-10)15-14(21)16(23)22(15)11-5-6-12-13(7-11)25-8-24-12/h1-7,14-15H,8,21H2/t14-,15-/m0/s1. The number of anilines is 1. The van der Waals surface area contributed by atoms with Gasteiger partial charge in [0.05, 0.1) is 11.6 Å². The molecular formula is C17H13F3N2O3. The highest BCUT2D eigenvalue weighted by Crippen LogP contribution is 2.43. The predicted molar refractivity (Wildman–Crippen MR) is 82.2 cm³/mol. The van der Waals surface area contributed by atoms with E-state index >= 15 is 0 Å². The average Bonchev–Trinajstić information content (AvgIpc) is 3.05. The van der Waals surface area contributed by atoms with Gasteiger partial charge in [0.25, 0.3) is 0 Å². The van der Waals surface area contributed by atoms with Crippen LogP contribution in [0, 0.1) is 0 Å². The topological polar surface area (TPSA) is 64.8 Å². The fourth-order valence-electron chi connectivity index (χ4n) is 3.06. The van der Waals surface area contributed by atoms with Crippen LogP contribution in [0.25, 0.3) is 0 Å². The minimum Gasteiger partial charge on any atom is -0.454 e. The predicted octanol–water partition coefficient (Wildman–Crippen LogP) is 2.85. The fourth-order valence-corrected chi connectivity index (χ4v) is 3.06. The molecule has 0 radical (unpaired) electrons. The third kappa shape index (κ3) is 2.49. The monoisotopic (exact) mass is 350 g/mol. The lowest BCUT2D eigenvalue weighted by molar-refractivity contribution is -0.137. The van der Waals surface area contributed by atoms with Crippen LogP contribution in [0.3, 0.4) is 0 Å². The first-order valence-electron chi connectivity index (χ1n) is 7.52. The molecule has 2 aromatic carbocycles. The van der Waals surface area contributed by atoms with Gasteiger partial charge in [0.15, 0.2) is 11.5 Å².